The number of pyridine rings is 1. The van der Waals surface area contributed by atoms with Crippen molar-refractivity contribution < 1.29 is 0 Å². The van der Waals surface area contributed by atoms with Gasteiger partial charge in [-0.15, -0.1) is 0 Å². The summed E-state index contributed by atoms with van der Waals surface area (Å²) in [6.07, 6.45) is 5.23. The topological polar surface area (TPSA) is 81.9 Å². The van der Waals surface area contributed by atoms with Crippen molar-refractivity contribution in [2.45, 2.75) is 13.3 Å². The molecule has 7 heteroatoms. The van der Waals surface area contributed by atoms with E-state index < -0.39 is 0 Å². The van der Waals surface area contributed by atoms with Gasteiger partial charge in [0, 0.05) is 61.2 Å². The fraction of sp³-hybridized carbons (Fsp3) is 0.207. The van der Waals surface area contributed by atoms with Crippen molar-refractivity contribution in [3.8, 4) is 22.4 Å². The molecule has 0 atom stereocenters. The molecular weight excluding hydrogens is 446 g/mol. The number of nitrogens with zero attached hydrogens (tertiary/aromatic N) is 4. The summed E-state index contributed by atoms with van der Waals surface area (Å²) in [5.74, 6) is 1.80. The molecule has 0 spiro atoms. The first-order valence-corrected chi connectivity index (χ1v) is 12.4. The fourth-order valence-electron chi connectivity index (χ4n) is 4.73. The Morgan fingerprint density at radius 3 is 2.56 bits per heavy atom. The van der Waals surface area contributed by atoms with Crippen LogP contribution in [0.25, 0.3) is 38.9 Å². The van der Waals surface area contributed by atoms with Gasteiger partial charge in [-0.3, -0.25) is 9.98 Å². The zero-order chi connectivity index (χ0) is 24.5. The van der Waals surface area contributed by atoms with E-state index in [2.05, 4.69) is 97.7 Å². The van der Waals surface area contributed by atoms with Crippen LogP contribution in [0.15, 0.2) is 83.0 Å². The number of aliphatic imine (C=N–C) groups is 2. The van der Waals surface area contributed by atoms with Crippen molar-refractivity contribution in [3.05, 3.63) is 84.3 Å². The molecule has 5 aromatic rings. The normalized spacial score (nSPS) is 14.2. The van der Waals surface area contributed by atoms with Gasteiger partial charge in [0.2, 0.25) is 0 Å². The van der Waals surface area contributed by atoms with Crippen LogP contribution in [-0.2, 0) is 0 Å². The second kappa shape index (κ2) is 9.34. The molecule has 0 bridgehead atoms. The number of aromatic amines is 1. The summed E-state index contributed by atoms with van der Waals surface area (Å²) >= 11 is 0. The average molecular weight is 476 g/mol. The summed E-state index contributed by atoms with van der Waals surface area (Å²) in [7, 11) is 1.78. The van der Waals surface area contributed by atoms with Crippen LogP contribution in [0.2, 0.25) is 0 Å². The Labute approximate surface area is 210 Å². The van der Waals surface area contributed by atoms with E-state index >= 15 is 0 Å². The van der Waals surface area contributed by atoms with Crippen LogP contribution in [0.3, 0.4) is 0 Å². The molecular formula is C29H29N7. The maximum atomic E-state index is 4.70. The van der Waals surface area contributed by atoms with Crippen LogP contribution < -0.4 is 10.6 Å². The highest BCUT2D eigenvalue weighted by molar-refractivity contribution is 6.02. The number of benzene rings is 2. The molecule has 0 radical (unpaired) electrons. The van der Waals surface area contributed by atoms with Gasteiger partial charge in [0.25, 0.3) is 0 Å². The minimum Gasteiger partial charge on any atom is -0.370 e. The Bertz CT molecular complexity index is 1600. The van der Waals surface area contributed by atoms with Gasteiger partial charge in [-0.05, 0) is 54.3 Å². The molecule has 0 aliphatic carbocycles. The quantitative estimate of drug-likeness (QED) is 0.250. The maximum Gasteiger partial charge on any atom is 0.148 e. The lowest BCUT2D eigenvalue weighted by atomic mass is 10.0. The van der Waals surface area contributed by atoms with Gasteiger partial charge in [0.15, 0.2) is 0 Å². The van der Waals surface area contributed by atoms with Crippen molar-refractivity contribution >= 4 is 28.2 Å². The van der Waals surface area contributed by atoms with E-state index in [0.717, 1.165) is 82.5 Å². The zero-order valence-electron chi connectivity index (χ0n) is 20.5. The van der Waals surface area contributed by atoms with E-state index in [0.29, 0.717) is 0 Å². The van der Waals surface area contributed by atoms with E-state index in [4.69, 9.17) is 4.98 Å². The number of nitrogens with one attached hydrogen (secondary N) is 3. The lowest BCUT2D eigenvalue weighted by Gasteiger charge is -2.14. The summed E-state index contributed by atoms with van der Waals surface area (Å²) in [4.78, 5) is 17.2. The highest BCUT2D eigenvalue weighted by atomic mass is 15.1. The van der Waals surface area contributed by atoms with E-state index in [-0.39, 0.29) is 0 Å². The highest BCUT2D eigenvalue weighted by Crippen LogP contribution is 2.28. The average Bonchev–Trinajstić information content (AvgIpc) is 3.55. The number of aromatic nitrogens is 3. The summed E-state index contributed by atoms with van der Waals surface area (Å²) < 4.78 is 2.06. The molecule has 6 rings (SSSR count). The third-order valence-corrected chi connectivity index (χ3v) is 6.58. The van der Waals surface area contributed by atoms with Crippen molar-refractivity contribution in [3.63, 3.8) is 0 Å². The number of H-pyrrole nitrogens is 1. The molecule has 36 heavy (non-hydrogen) atoms. The van der Waals surface area contributed by atoms with Gasteiger partial charge < -0.3 is 20.0 Å². The first-order valence-electron chi connectivity index (χ1n) is 12.4. The second-order valence-electron chi connectivity index (χ2n) is 8.98. The number of imidazole rings is 1. The van der Waals surface area contributed by atoms with Crippen LogP contribution in [0.1, 0.15) is 24.6 Å². The smallest absolute Gasteiger partial charge is 0.148 e. The van der Waals surface area contributed by atoms with E-state index in [9.17, 15) is 0 Å². The summed E-state index contributed by atoms with van der Waals surface area (Å²) in [5, 5.41) is 7.87. The molecule has 1 aliphatic rings. The minimum absolute atomic E-state index is 0.806. The van der Waals surface area contributed by atoms with Crippen LogP contribution in [0, 0.1) is 0 Å². The molecule has 4 heterocycles. The van der Waals surface area contributed by atoms with Gasteiger partial charge in [-0.1, -0.05) is 36.4 Å². The van der Waals surface area contributed by atoms with Gasteiger partial charge in [0.1, 0.15) is 23.0 Å². The Morgan fingerprint density at radius 2 is 1.78 bits per heavy atom. The van der Waals surface area contributed by atoms with Crippen molar-refractivity contribution in [1.82, 2.24) is 25.0 Å². The molecule has 1 aliphatic heterocycles. The van der Waals surface area contributed by atoms with Gasteiger partial charge in [-0.25, -0.2) is 4.98 Å². The monoisotopic (exact) mass is 475 g/mol. The Morgan fingerprint density at radius 1 is 0.972 bits per heavy atom. The summed E-state index contributed by atoms with van der Waals surface area (Å²) in [6.45, 7) is 4.74. The van der Waals surface area contributed by atoms with Crippen LogP contribution >= 0.6 is 0 Å². The van der Waals surface area contributed by atoms with Gasteiger partial charge in [0.05, 0.1) is 0 Å². The van der Waals surface area contributed by atoms with Crippen LogP contribution in [-0.4, -0.2) is 52.7 Å². The fourth-order valence-corrected chi connectivity index (χ4v) is 4.73. The van der Waals surface area contributed by atoms with E-state index in [1.54, 1.807) is 7.05 Å². The molecule has 0 saturated heterocycles. The number of hydrogen-bond donors (Lipinski definition) is 3. The van der Waals surface area contributed by atoms with Crippen molar-refractivity contribution in [2.24, 2.45) is 9.98 Å². The molecule has 2 aromatic carbocycles. The molecule has 7 nitrogen and oxygen atoms in total. The van der Waals surface area contributed by atoms with E-state index in [1.807, 2.05) is 12.3 Å². The lowest BCUT2D eigenvalue weighted by molar-refractivity contribution is 0.742. The summed E-state index contributed by atoms with van der Waals surface area (Å²) in [6, 6.07) is 21.5. The number of hydrogen-bond acceptors (Lipinski definition) is 4. The van der Waals surface area contributed by atoms with Crippen molar-refractivity contribution in [1.29, 1.82) is 0 Å². The maximum absolute atomic E-state index is 4.70. The van der Waals surface area contributed by atoms with Gasteiger partial charge >= 0.3 is 0 Å². The first kappa shape index (κ1) is 22.1. The standard InChI is InChI=1S/C29H29N7/c1-3-31-29(30-2)26-18-36-17-23(11-12-27(36)35-26)19-5-7-20(8-6-19)24-15-21-9-10-22(16-25(21)34-24)28-32-13-4-14-33-28/h5-12,15-18,34H,3-4,13-14H2,1-2H3,(H,30,31)(H,32,33). The molecule has 3 aromatic heterocycles. The highest BCUT2D eigenvalue weighted by Gasteiger charge is 2.11. The van der Waals surface area contributed by atoms with Crippen LogP contribution in [0.5, 0.6) is 0 Å². The molecule has 180 valence electrons. The molecule has 0 saturated carbocycles. The second-order valence-corrected chi connectivity index (χ2v) is 8.98. The number of fused-ring (bicyclic) bond motifs is 2. The predicted molar refractivity (Wildman–Crippen MR) is 148 cm³/mol. The number of rotatable bonds is 5. The molecule has 0 fully saturated rings. The zero-order valence-corrected chi connectivity index (χ0v) is 20.5. The van der Waals surface area contributed by atoms with Gasteiger partial charge in [-0.2, -0.15) is 0 Å². The Kier molecular flexibility index (Phi) is 5.73. The number of amidine groups is 2. The molecule has 0 amide bonds. The molecule has 0 unspecified atom stereocenters. The largest absolute Gasteiger partial charge is 0.370 e. The SMILES string of the molecule is CCNC(=NC)c1cn2cc(-c3ccc(-c4cc5ccc(C6=NCCCN6)cc5[nH]4)cc3)ccc2n1. The van der Waals surface area contributed by atoms with Crippen molar-refractivity contribution in [2.75, 3.05) is 26.7 Å². The lowest BCUT2D eigenvalue weighted by Crippen LogP contribution is -2.30. The first-order chi connectivity index (χ1) is 17.7. The Balaban J connectivity index is 1.27. The van der Waals surface area contributed by atoms with E-state index in [1.165, 1.54) is 5.39 Å². The third-order valence-electron chi connectivity index (χ3n) is 6.58. The van der Waals surface area contributed by atoms with Crippen LogP contribution in [0.4, 0.5) is 0 Å². The molecule has 3 N–H and O–H groups in total. The predicted octanol–water partition coefficient (Wildman–Crippen LogP) is 4.88. The summed E-state index contributed by atoms with van der Waals surface area (Å²) in [5.41, 5.74) is 8.56. The Hall–Kier alpha value is -4.39. The minimum atomic E-state index is 0.806. The third kappa shape index (κ3) is 4.13.